The van der Waals surface area contributed by atoms with Crippen LogP contribution in [0.5, 0.6) is 0 Å². The van der Waals surface area contributed by atoms with Gasteiger partial charge in [0.05, 0.1) is 11.6 Å². The Balaban J connectivity index is 1.55. The van der Waals surface area contributed by atoms with Gasteiger partial charge in [0.25, 0.3) is 5.91 Å². The third-order valence-corrected chi connectivity index (χ3v) is 4.64. The van der Waals surface area contributed by atoms with E-state index >= 15 is 0 Å². The molecule has 1 N–H and O–H groups in total. The minimum absolute atomic E-state index is 0.153. The standard InChI is InChI=1S/C23H24N2O3/c1-16-9-10-17(2)25(16)21-13-11-20(12-14-21)23(27)28-15-22(26)24-18(3)19-7-5-4-6-8-19/h4-14,18H,15H2,1-3H3,(H,24,26)/t18-/m1/s1. The second kappa shape index (κ2) is 8.57. The van der Waals surface area contributed by atoms with Gasteiger partial charge in [0, 0.05) is 17.1 Å². The molecule has 0 aliphatic rings. The average Bonchev–Trinajstić information content (AvgIpc) is 3.05. The molecule has 1 aromatic heterocycles. The van der Waals surface area contributed by atoms with Crippen LogP contribution in [-0.4, -0.2) is 23.1 Å². The zero-order chi connectivity index (χ0) is 20.1. The molecular formula is C23H24N2O3. The molecule has 1 amide bonds. The summed E-state index contributed by atoms with van der Waals surface area (Å²) in [5, 5.41) is 2.82. The molecule has 0 bridgehead atoms. The highest BCUT2D eigenvalue weighted by molar-refractivity contribution is 5.91. The molecule has 1 heterocycles. The van der Waals surface area contributed by atoms with Gasteiger partial charge in [-0.25, -0.2) is 4.79 Å². The zero-order valence-corrected chi connectivity index (χ0v) is 16.3. The van der Waals surface area contributed by atoms with Crippen molar-refractivity contribution in [1.29, 1.82) is 0 Å². The summed E-state index contributed by atoms with van der Waals surface area (Å²) >= 11 is 0. The third kappa shape index (κ3) is 4.49. The summed E-state index contributed by atoms with van der Waals surface area (Å²) in [6.45, 7) is 5.64. The van der Waals surface area contributed by atoms with Gasteiger partial charge in [-0.15, -0.1) is 0 Å². The number of nitrogens with zero attached hydrogens (tertiary/aromatic N) is 1. The third-order valence-electron chi connectivity index (χ3n) is 4.64. The van der Waals surface area contributed by atoms with Gasteiger partial charge in [-0.05, 0) is 62.7 Å². The Morgan fingerprint density at radius 2 is 1.54 bits per heavy atom. The summed E-state index contributed by atoms with van der Waals surface area (Å²) in [6, 6.07) is 20.7. The van der Waals surface area contributed by atoms with Crippen molar-refractivity contribution < 1.29 is 14.3 Å². The number of aromatic nitrogens is 1. The summed E-state index contributed by atoms with van der Waals surface area (Å²) in [5.41, 5.74) is 4.63. The van der Waals surface area contributed by atoms with Crippen LogP contribution in [0.3, 0.4) is 0 Å². The number of amides is 1. The van der Waals surface area contributed by atoms with Crippen LogP contribution in [0.1, 0.15) is 40.3 Å². The Morgan fingerprint density at radius 1 is 0.929 bits per heavy atom. The number of benzene rings is 2. The first-order valence-electron chi connectivity index (χ1n) is 9.22. The van der Waals surface area contributed by atoms with Gasteiger partial charge >= 0.3 is 5.97 Å². The molecule has 0 saturated heterocycles. The molecule has 0 aliphatic carbocycles. The molecule has 0 aliphatic heterocycles. The number of rotatable bonds is 6. The van der Waals surface area contributed by atoms with E-state index in [0.29, 0.717) is 5.56 Å². The van der Waals surface area contributed by atoms with Gasteiger partial charge in [-0.1, -0.05) is 30.3 Å². The number of esters is 1. The molecule has 28 heavy (non-hydrogen) atoms. The van der Waals surface area contributed by atoms with Crippen LogP contribution >= 0.6 is 0 Å². The molecule has 5 nitrogen and oxygen atoms in total. The molecule has 3 rings (SSSR count). The van der Waals surface area contributed by atoms with Gasteiger partial charge in [0.15, 0.2) is 6.61 Å². The zero-order valence-electron chi connectivity index (χ0n) is 16.3. The lowest BCUT2D eigenvalue weighted by molar-refractivity contribution is -0.124. The molecule has 1 atom stereocenters. The molecule has 0 fully saturated rings. The van der Waals surface area contributed by atoms with Gasteiger partial charge < -0.3 is 14.6 Å². The van der Waals surface area contributed by atoms with E-state index in [0.717, 1.165) is 22.6 Å². The van der Waals surface area contributed by atoms with Gasteiger partial charge in [0.1, 0.15) is 0 Å². The minimum atomic E-state index is -0.519. The maximum absolute atomic E-state index is 12.2. The largest absolute Gasteiger partial charge is 0.452 e. The van der Waals surface area contributed by atoms with Crippen LogP contribution in [0, 0.1) is 13.8 Å². The fourth-order valence-corrected chi connectivity index (χ4v) is 3.14. The van der Waals surface area contributed by atoms with Crippen molar-refractivity contribution in [2.45, 2.75) is 26.8 Å². The van der Waals surface area contributed by atoms with Crippen LogP contribution in [0.4, 0.5) is 0 Å². The topological polar surface area (TPSA) is 60.3 Å². The highest BCUT2D eigenvalue weighted by Gasteiger charge is 2.13. The maximum atomic E-state index is 12.2. The highest BCUT2D eigenvalue weighted by atomic mass is 16.5. The molecular weight excluding hydrogens is 352 g/mol. The second-order valence-corrected chi connectivity index (χ2v) is 6.77. The number of carbonyl (C=O) groups excluding carboxylic acids is 2. The van der Waals surface area contributed by atoms with Gasteiger partial charge in [-0.2, -0.15) is 0 Å². The smallest absolute Gasteiger partial charge is 0.338 e. The fourth-order valence-electron chi connectivity index (χ4n) is 3.14. The number of ether oxygens (including phenoxy) is 1. The molecule has 2 aromatic carbocycles. The molecule has 0 saturated carbocycles. The molecule has 0 radical (unpaired) electrons. The van der Waals surface area contributed by atoms with E-state index < -0.39 is 5.97 Å². The molecule has 144 valence electrons. The number of hydrogen-bond acceptors (Lipinski definition) is 3. The van der Waals surface area contributed by atoms with Crippen LogP contribution in [-0.2, 0) is 9.53 Å². The van der Waals surface area contributed by atoms with Gasteiger partial charge in [0.2, 0.25) is 0 Å². The molecule has 5 heteroatoms. The minimum Gasteiger partial charge on any atom is -0.452 e. The fraction of sp³-hybridized carbons (Fsp3) is 0.217. The highest BCUT2D eigenvalue weighted by Crippen LogP contribution is 2.17. The lowest BCUT2D eigenvalue weighted by atomic mass is 10.1. The van der Waals surface area contributed by atoms with E-state index in [4.69, 9.17) is 4.74 Å². The number of nitrogens with one attached hydrogen (secondary N) is 1. The summed E-state index contributed by atoms with van der Waals surface area (Å²) in [5.74, 6) is -0.852. The van der Waals surface area contributed by atoms with E-state index in [1.807, 2.05) is 75.4 Å². The van der Waals surface area contributed by atoms with E-state index in [1.165, 1.54) is 0 Å². The first-order chi connectivity index (χ1) is 13.5. The monoisotopic (exact) mass is 376 g/mol. The summed E-state index contributed by atoms with van der Waals surface area (Å²) in [4.78, 5) is 24.3. The van der Waals surface area contributed by atoms with E-state index in [9.17, 15) is 9.59 Å². The van der Waals surface area contributed by atoms with Crippen molar-refractivity contribution in [2.75, 3.05) is 6.61 Å². The molecule has 0 unspecified atom stereocenters. The molecule has 0 spiro atoms. The van der Waals surface area contributed by atoms with E-state index in [2.05, 4.69) is 9.88 Å². The average molecular weight is 376 g/mol. The van der Waals surface area contributed by atoms with Gasteiger partial charge in [-0.3, -0.25) is 4.79 Å². The van der Waals surface area contributed by atoms with E-state index in [1.54, 1.807) is 12.1 Å². The normalized spacial score (nSPS) is 11.7. The van der Waals surface area contributed by atoms with Crippen molar-refractivity contribution in [3.8, 4) is 5.69 Å². The van der Waals surface area contributed by atoms with Crippen molar-refractivity contribution in [3.05, 3.63) is 89.2 Å². The van der Waals surface area contributed by atoms with Crippen molar-refractivity contribution >= 4 is 11.9 Å². The maximum Gasteiger partial charge on any atom is 0.338 e. The first kappa shape index (κ1) is 19.4. The van der Waals surface area contributed by atoms with Crippen LogP contribution in [0.25, 0.3) is 5.69 Å². The molecule has 3 aromatic rings. The van der Waals surface area contributed by atoms with Crippen molar-refractivity contribution in [3.63, 3.8) is 0 Å². The second-order valence-electron chi connectivity index (χ2n) is 6.77. The van der Waals surface area contributed by atoms with Crippen LogP contribution in [0.15, 0.2) is 66.7 Å². The number of carbonyl (C=O) groups is 2. The predicted molar refractivity (Wildman–Crippen MR) is 109 cm³/mol. The summed E-state index contributed by atoms with van der Waals surface area (Å²) in [6.07, 6.45) is 0. The van der Waals surface area contributed by atoms with Crippen molar-refractivity contribution in [1.82, 2.24) is 9.88 Å². The van der Waals surface area contributed by atoms with Crippen LogP contribution in [0.2, 0.25) is 0 Å². The number of hydrogen-bond donors (Lipinski definition) is 1. The van der Waals surface area contributed by atoms with Crippen LogP contribution < -0.4 is 5.32 Å². The quantitative estimate of drug-likeness (QED) is 0.658. The lowest BCUT2D eigenvalue weighted by Gasteiger charge is -2.14. The van der Waals surface area contributed by atoms with Crippen molar-refractivity contribution in [2.24, 2.45) is 0 Å². The summed E-state index contributed by atoms with van der Waals surface area (Å²) < 4.78 is 7.25. The lowest BCUT2D eigenvalue weighted by Crippen LogP contribution is -2.31. The Bertz CT molecular complexity index is 940. The Labute approximate surface area is 165 Å². The first-order valence-corrected chi connectivity index (χ1v) is 9.22. The number of aryl methyl sites for hydroxylation is 2. The Hall–Kier alpha value is -3.34. The summed E-state index contributed by atoms with van der Waals surface area (Å²) in [7, 11) is 0. The predicted octanol–water partition coefficient (Wildman–Crippen LogP) is 4.13. The Kier molecular flexibility index (Phi) is 5.94. The Morgan fingerprint density at radius 3 is 2.14 bits per heavy atom. The van der Waals surface area contributed by atoms with E-state index in [-0.39, 0.29) is 18.6 Å². The SMILES string of the molecule is Cc1ccc(C)n1-c1ccc(C(=O)OCC(=O)N[C@H](C)c2ccccc2)cc1.